The van der Waals surface area contributed by atoms with Crippen LogP contribution >= 0.6 is 11.6 Å². The first-order chi connectivity index (χ1) is 19.7. The number of aliphatic carboxylic acids is 1. The number of benzene rings is 1. The Hall–Kier alpha value is -3.03. The summed E-state index contributed by atoms with van der Waals surface area (Å²) in [6.07, 6.45) is 14.0. The van der Waals surface area contributed by atoms with E-state index in [-0.39, 0.29) is 23.7 Å². The summed E-state index contributed by atoms with van der Waals surface area (Å²) in [6.45, 7) is 2.43. The third-order valence-corrected chi connectivity index (χ3v) is 10.2. The molecule has 0 saturated heterocycles. The number of fused-ring (bicyclic) bond motifs is 4. The minimum absolute atomic E-state index is 0.111. The lowest BCUT2D eigenvalue weighted by Crippen LogP contribution is -2.51. The molecule has 5 atom stereocenters. The summed E-state index contributed by atoms with van der Waals surface area (Å²) in [4.78, 5) is 29.6. The number of allylic oxidation sites excluding steroid dienone is 4. The first-order valence-electron chi connectivity index (χ1n) is 14.8. The van der Waals surface area contributed by atoms with Gasteiger partial charge < -0.3 is 24.7 Å². The number of rotatable bonds is 1. The smallest absolute Gasteiger partial charge is 0.311 e. The number of carboxylic acids is 1. The van der Waals surface area contributed by atoms with Gasteiger partial charge in [0.15, 0.2) is 0 Å². The molecule has 2 aliphatic carbocycles. The highest BCUT2D eigenvalue weighted by Gasteiger charge is 2.44. The number of aryl methyl sites for hydroxylation is 1. The van der Waals surface area contributed by atoms with E-state index in [0.717, 1.165) is 54.9 Å². The molecule has 1 spiro atoms. The fraction of sp³-hybridized carbons (Fsp3) is 0.515. The second-order valence-corrected chi connectivity index (χ2v) is 12.9. The Morgan fingerprint density at radius 1 is 1.22 bits per heavy atom. The third kappa shape index (κ3) is 5.46. The molecule has 6 rings (SSSR count). The Morgan fingerprint density at radius 2 is 2.07 bits per heavy atom. The first kappa shape index (κ1) is 28.1. The lowest BCUT2D eigenvalue weighted by molar-refractivity contribution is -0.144. The topological polar surface area (TPSA) is 90.3 Å². The van der Waals surface area contributed by atoms with E-state index in [4.69, 9.17) is 16.3 Å². The number of aliphatic hydroxyl groups is 1. The average molecular weight is 579 g/mol. The van der Waals surface area contributed by atoms with Crippen LogP contribution in [0.15, 0.2) is 65.6 Å². The number of hydrogen-bond acceptors (Lipinski definition) is 5. The number of carboxylic acid groups (broad SMARTS) is 1. The Labute approximate surface area is 246 Å². The lowest BCUT2D eigenvalue weighted by Gasteiger charge is -2.49. The minimum Gasteiger partial charge on any atom is -0.500 e. The standard InChI is InChI=1S/C33H39ClN2O5/c1-35-12-10-23-16-30(37)26-8-6-24(26)18-36-19-33(11-2-4-22-14-25(34)7-9-28(22)33)20-41-13-3-5-21(15-29(23)36)27(32(39)40)17-31(35)38/h3,5,7,9,13-16,24,26-27,30,37H,2,4,6,8,10-12,17-20H2,1H3,(H,39,40)/t24-,26+,27+,30+,33-/m0/s1. The number of halogens is 1. The summed E-state index contributed by atoms with van der Waals surface area (Å²) in [6, 6.07) is 6.22. The summed E-state index contributed by atoms with van der Waals surface area (Å²) in [5.74, 6) is -1.69. The van der Waals surface area contributed by atoms with E-state index in [1.807, 2.05) is 18.2 Å². The van der Waals surface area contributed by atoms with Crippen LogP contribution in [0.2, 0.25) is 5.02 Å². The predicted octanol–water partition coefficient (Wildman–Crippen LogP) is 4.85. The molecule has 7 nitrogen and oxygen atoms in total. The van der Waals surface area contributed by atoms with Gasteiger partial charge in [-0.3, -0.25) is 9.59 Å². The number of carbonyl (C=O) groups excluding carboxylic acids is 1. The van der Waals surface area contributed by atoms with Crippen molar-refractivity contribution in [2.45, 2.75) is 56.5 Å². The van der Waals surface area contributed by atoms with Gasteiger partial charge in [0.2, 0.25) is 5.91 Å². The largest absolute Gasteiger partial charge is 0.500 e. The molecule has 8 heteroatoms. The fourth-order valence-corrected chi connectivity index (χ4v) is 7.70. The Morgan fingerprint density at radius 3 is 2.85 bits per heavy atom. The zero-order valence-electron chi connectivity index (χ0n) is 23.6. The van der Waals surface area contributed by atoms with Crippen LogP contribution in [0.1, 0.15) is 49.7 Å². The number of ether oxygens (including phenoxy) is 1. The summed E-state index contributed by atoms with van der Waals surface area (Å²) in [5.41, 5.74) is 4.71. The highest BCUT2D eigenvalue weighted by molar-refractivity contribution is 6.30. The van der Waals surface area contributed by atoms with E-state index < -0.39 is 18.0 Å². The van der Waals surface area contributed by atoms with Gasteiger partial charge in [-0.1, -0.05) is 29.8 Å². The van der Waals surface area contributed by atoms with E-state index in [0.29, 0.717) is 37.6 Å². The van der Waals surface area contributed by atoms with E-state index in [1.54, 1.807) is 30.4 Å². The van der Waals surface area contributed by atoms with Crippen molar-refractivity contribution in [1.82, 2.24) is 9.80 Å². The zero-order chi connectivity index (χ0) is 28.7. The molecular formula is C33H39ClN2O5. The molecule has 1 fully saturated rings. The van der Waals surface area contributed by atoms with Gasteiger partial charge in [-0.2, -0.15) is 0 Å². The van der Waals surface area contributed by atoms with Crippen molar-refractivity contribution in [2.75, 3.05) is 33.3 Å². The molecular weight excluding hydrogens is 540 g/mol. The molecule has 41 heavy (non-hydrogen) atoms. The van der Waals surface area contributed by atoms with Crippen LogP contribution in [0.3, 0.4) is 0 Å². The molecule has 0 unspecified atom stereocenters. The number of hydrogen-bond donors (Lipinski definition) is 2. The van der Waals surface area contributed by atoms with Gasteiger partial charge in [0, 0.05) is 49.2 Å². The summed E-state index contributed by atoms with van der Waals surface area (Å²) in [5, 5.41) is 22.3. The molecule has 3 aliphatic heterocycles. The molecule has 1 saturated carbocycles. The lowest BCUT2D eigenvalue weighted by atomic mass is 9.67. The van der Waals surface area contributed by atoms with Crippen molar-refractivity contribution < 1.29 is 24.5 Å². The summed E-state index contributed by atoms with van der Waals surface area (Å²) < 4.78 is 6.23. The minimum atomic E-state index is -1.03. The SMILES string of the molecule is CN1CCC2=C[C@@H](O)[C@@H]3CC[C@H]3CN3C[C@@]4(CCCc5cc(Cl)ccc54)COC=CC=C(C=C23)[C@H](C(=O)O)CC1=O. The molecule has 1 aromatic rings. The normalized spacial score (nSPS) is 32.0. The monoisotopic (exact) mass is 578 g/mol. The van der Waals surface area contributed by atoms with Gasteiger partial charge in [-0.25, -0.2) is 0 Å². The zero-order valence-corrected chi connectivity index (χ0v) is 24.4. The maximum Gasteiger partial charge on any atom is 0.311 e. The van der Waals surface area contributed by atoms with Crippen molar-refractivity contribution in [3.8, 4) is 0 Å². The van der Waals surface area contributed by atoms with Crippen molar-refractivity contribution in [1.29, 1.82) is 0 Å². The van der Waals surface area contributed by atoms with E-state index in [9.17, 15) is 19.8 Å². The highest BCUT2D eigenvalue weighted by Crippen LogP contribution is 2.45. The fourth-order valence-electron chi connectivity index (χ4n) is 7.51. The molecule has 5 aliphatic rings. The van der Waals surface area contributed by atoms with Crippen LogP contribution in [0.5, 0.6) is 0 Å². The first-order valence-corrected chi connectivity index (χ1v) is 15.2. The van der Waals surface area contributed by atoms with E-state index in [2.05, 4.69) is 17.0 Å². The van der Waals surface area contributed by atoms with E-state index >= 15 is 0 Å². The number of aliphatic hydroxyl groups excluding tert-OH is 1. The summed E-state index contributed by atoms with van der Waals surface area (Å²) in [7, 11) is 1.73. The van der Waals surface area contributed by atoms with Crippen molar-refractivity contribution >= 4 is 23.5 Å². The van der Waals surface area contributed by atoms with Gasteiger partial charge in [0.05, 0.1) is 24.9 Å². The van der Waals surface area contributed by atoms with Crippen molar-refractivity contribution in [3.05, 3.63) is 81.8 Å². The van der Waals surface area contributed by atoms with Gasteiger partial charge in [-0.15, -0.1) is 0 Å². The Bertz CT molecular complexity index is 1350. The molecule has 2 bridgehead atoms. The van der Waals surface area contributed by atoms with Crippen molar-refractivity contribution in [2.24, 2.45) is 17.8 Å². The molecule has 1 aromatic carbocycles. The third-order valence-electron chi connectivity index (χ3n) is 9.99. The Kier molecular flexibility index (Phi) is 7.77. The van der Waals surface area contributed by atoms with Gasteiger partial charge in [0.1, 0.15) is 0 Å². The molecule has 218 valence electrons. The van der Waals surface area contributed by atoms with Gasteiger partial charge in [-0.05, 0) is 96.9 Å². The quantitative estimate of drug-likeness (QED) is 0.495. The molecule has 1 amide bonds. The maximum atomic E-state index is 13.0. The number of amides is 1. The number of carbonyl (C=O) groups is 2. The maximum absolute atomic E-state index is 13.0. The summed E-state index contributed by atoms with van der Waals surface area (Å²) >= 11 is 6.43. The molecule has 0 radical (unpaired) electrons. The van der Waals surface area contributed by atoms with Crippen LogP contribution in [-0.4, -0.2) is 71.3 Å². The van der Waals surface area contributed by atoms with Crippen LogP contribution < -0.4 is 0 Å². The number of nitrogens with zero attached hydrogens (tertiary/aromatic N) is 2. The predicted molar refractivity (Wildman–Crippen MR) is 157 cm³/mol. The van der Waals surface area contributed by atoms with Gasteiger partial charge in [0.25, 0.3) is 0 Å². The average Bonchev–Trinajstić information content (AvgIpc) is 2.94. The second-order valence-electron chi connectivity index (χ2n) is 12.5. The van der Waals surface area contributed by atoms with Crippen LogP contribution in [0, 0.1) is 17.8 Å². The highest BCUT2D eigenvalue weighted by atomic mass is 35.5. The van der Waals surface area contributed by atoms with Crippen LogP contribution in [0.25, 0.3) is 0 Å². The molecule has 2 N–H and O–H groups in total. The van der Waals surface area contributed by atoms with E-state index in [1.165, 1.54) is 11.1 Å². The van der Waals surface area contributed by atoms with Crippen molar-refractivity contribution in [3.63, 3.8) is 0 Å². The molecule has 3 heterocycles. The molecule has 0 aromatic heterocycles. The van der Waals surface area contributed by atoms with Gasteiger partial charge >= 0.3 is 5.97 Å². The Balaban J connectivity index is 1.54. The van der Waals surface area contributed by atoms with Crippen LogP contribution in [0.4, 0.5) is 0 Å². The second kappa shape index (κ2) is 11.3. The van der Waals surface area contributed by atoms with Crippen LogP contribution in [-0.2, 0) is 26.2 Å².